The first-order valence-corrected chi connectivity index (χ1v) is 25.6. The van der Waals surface area contributed by atoms with Crippen molar-refractivity contribution in [1.29, 1.82) is 0 Å². The zero-order chi connectivity index (χ0) is 53.8. The van der Waals surface area contributed by atoms with Crippen LogP contribution in [-0.2, 0) is 29.3 Å². The van der Waals surface area contributed by atoms with Gasteiger partial charge in [-0.1, -0.05) is 115 Å². The molecular weight excluding hydrogens is 977 g/mol. The predicted octanol–water partition coefficient (Wildman–Crippen LogP) is 6.52. The van der Waals surface area contributed by atoms with Crippen LogP contribution in [0.1, 0.15) is 71.5 Å². The van der Waals surface area contributed by atoms with Crippen molar-refractivity contribution in [2.24, 2.45) is 11.7 Å². The fourth-order valence-electron chi connectivity index (χ4n) is 11.5. The summed E-state index contributed by atoms with van der Waals surface area (Å²) in [7, 11) is 0. The largest absolute Gasteiger partial charge is 0.491 e. The second-order valence-electron chi connectivity index (χ2n) is 19.4. The zero-order valence-corrected chi connectivity index (χ0v) is 42.5. The van der Waals surface area contributed by atoms with Gasteiger partial charge < -0.3 is 46.1 Å². The van der Waals surface area contributed by atoms with E-state index in [0.29, 0.717) is 54.3 Å². The van der Waals surface area contributed by atoms with E-state index in [2.05, 4.69) is 32.7 Å². The first-order chi connectivity index (χ1) is 37.4. The van der Waals surface area contributed by atoms with Crippen molar-refractivity contribution in [3.05, 3.63) is 191 Å². The van der Waals surface area contributed by atoms with Crippen molar-refractivity contribution < 1.29 is 43.3 Å². The maximum absolute atomic E-state index is 16.8. The molecule has 0 unspecified atom stereocenters. The van der Waals surface area contributed by atoms with E-state index in [4.69, 9.17) is 15.2 Å². The molecule has 0 bridgehead atoms. The lowest BCUT2D eigenvalue weighted by atomic mass is 9.65. The molecule has 6 N–H and O–H groups in total. The molecule has 4 aliphatic rings. The molecular formula is C60H58N8O9. The molecule has 3 fully saturated rings. The Labute approximate surface area is 445 Å². The Hall–Kier alpha value is -8.98. The van der Waals surface area contributed by atoms with Crippen LogP contribution in [0.5, 0.6) is 5.75 Å². The van der Waals surface area contributed by atoms with Gasteiger partial charge in [-0.2, -0.15) is 0 Å². The molecule has 77 heavy (non-hydrogen) atoms. The molecule has 392 valence electrons. The number of amides is 7. The van der Waals surface area contributed by atoms with E-state index in [1.807, 2.05) is 108 Å². The first-order valence-electron chi connectivity index (χ1n) is 25.6. The molecule has 4 heterocycles. The van der Waals surface area contributed by atoms with Gasteiger partial charge in [0.05, 0.1) is 42.9 Å². The Bertz CT molecular complexity index is 3240. The summed E-state index contributed by atoms with van der Waals surface area (Å²) >= 11 is 0. The molecule has 4 aliphatic heterocycles. The molecule has 1 spiro atoms. The average molecular weight is 1040 g/mol. The second kappa shape index (κ2) is 22.1. The highest BCUT2D eigenvalue weighted by atomic mass is 16.6. The van der Waals surface area contributed by atoms with E-state index in [1.54, 1.807) is 73.3 Å². The van der Waals surface area contributed by atoms with Crippen molar-refractivity contribution in [2.75, 3.05) is 61.1 Å². The number of nitrogens with two attached hydrogens (primary N) is 1. The minimum atomic E-state index is -2.11. The van der Waals surface area contributed by atoms with Crippen molar-refractivity contribution in [3.63, 3.8) is 0 Å². The third-order valence-electron chi connectivity index (χ3n) is 14.9. The van der Waals surface area contributed by atoms with Gasteiger partial charge in [-0.3, -0.25) is 24.1 Å². The number of hydrogen-bond acceptors (Lipinski definition) is 11. The molecule has 7 amide bonds. The van der Waals surface area contributed by atoms with Crippen LogP contribution in [-0.4, -0.2) is 103 Å². The number of carbonyl (C=O) groups excluding carboxylic acids is 6. The number of nitrogens with zero attached hydrogens (tertiary/aromatic N) is 4. The molecule has 6 aromatic rings. The van der Waals surface area contributed by atoms with Crippen LogP contribution in [0.3, 0.4) is 0 Å². The van der Waals surface area contributed by atoms with E-state index >= 15 is 19.2 Å². The molecule has 10 rings (SSSR count). The third kappa shape index (κ3) is 9.92. The van der Waals surface area contributed by atoms with Crippen LogP contribution in [0.2, 0.25) is 0 Å². The van der Waals surface area contributed by atoms with E-state index < -0.39 is 71.5 Å². The van der Waals surface area contributed by atoms with Gasteiger partial charge in [0.2, 0.25) is 17.7 Å². The molecule has 7 atom stereocenters. The summed E-state index contributed by atoms with van der Waals surface area (Å²) in [6.07, 6.45) is -0.960. The number of anilines is 3. The van der Waals surface area contributed by atoms with Crippen LogP contribution < -0.4 is 36.2 Å². The number of imide groups is 1. The predicted molar refractivity (Wildman–Crippen MR) is 288 cm³/mol. The first kappa shape index (κ1) is 51.5. The summed E-state index contributed by atoms with van der Waals surface area (Å²) in [6.45, 7) is 5.39. The summed E-state index contributed by atoms with van der Waals surface area (Å²) in [5.41, 5.74) is 7.97. The Morgan fingerprint density at radius 3 is 2.08 bits per heavy atom. The van der Waals surface area contributed by atoms with Crippen LogP contribution in [0.4, 0.5) is 26.7 Å². The molecule has 3 saturated heterocycles. The van der Waals surface area contributed by atoms with Gasteiger partial charge in [-0.15, -0.1) is 0 Å². The molecule has 17 nitrogen and oxygen atoms in total. The van der Waals surface area contributed by atoms with Crippen molar-refractivity contribution >= 4 is 52.8 Å². The van der Waals surface area contributed by atoms with Crippen molar-refractivity contribution in [1.82, 2.24) is 20.4 Å². The minimum absolute atomic E-state index is 0.0113. The Kier molecular flexibility index (Phi) is 14.8. The number of carbonyl (C=O) groups is 6. The van der Waals surface area contributed by atoms with Crippen molar-refractivity contribution in [3.8, 4) is 17.6 Å². The maximum atomic E-state index is 16.8. The highest BCUT2D eigenvalue weighted by Crippen LogP contribution is 2.66. The number of esters is 1. The number of ether oxygens (including phenoxy) is 2. The normalized spacial score (nSPS) is 22.0. The summed E-state index contributed by atoms with van der Waals surface area (Å²) in [4.78, 5) is 94.6. The third-order valence-corrected chi connectivity index (χ3v) is 14.9. The molecule has 6 aromatic carbocycles. The number of hydrogen-bond donors (Lipinski definition) is 5. The molecule has 0 saturated carbocycles. The Morgan fingerprint density at radius 2 is 1.44 bits per heavy atom. The lowest BCUT2D eigenvalue weighted by molar-refractivity contribution is -0.177. The monoisotopic (exact) mass is 1030 g/mol. The number of urea groups is 2. The number of rotatable bonds is 12. The van der Waals surface area contributed by atoms with Gasteiger partial charge in [-0.05, 0) is 89.3 Å². The molecule has 0 aliphatic carbocycles. The number of fused-ring (bicyclic) bond motifs is 3. The van der Waals surface area contributed by atoms with E-state index in [0.717, 1.165) is 21.7 Å². The van der Waals surface area contributed by atoms with Gasteiger partial charge in [0.25, 0.3) is 0 Å². The van der Waals surface area contributed by atoms with Crippen LogP contribution in [0.15, 0.2) is 158 Å². The average Bonchev–Trinajstić information content (AvgIpc) is 4.12. The fraction of sp³-hybridized carbons (Fsp3) is 0.267. The highest BCUT2D eigenvalue weighted by Gasteiger charge is 2.75. The van der Waals surface area contributed by atoms with Crippen LogP contribution in [0, 0.1) is 17.8 Å². The number of nitrogens with one attached hydrogen (secondary N) is 3. The van der Waals surface area contributed by atoms with Gasteiger partial charge in [0.15, 0.2) is 0 Å². The number of primary amides is 1. The highest BCUT2D eigenvalue weighted by molar-refractivity contribution is 6.25. The van der Waals surface area contributed by atoms with Crippen molar-refractivity contribution in [2.45, 2.75) is 49.5 Å². The van der Waals surface area contributed by atoms with Crippen LogP contribution >= 0.6 is 0 Å². The Balaban J connectivity index is 1.20. The maximum Gasteiger partial charge on any atom is 0.329 e. The van der Waals surface area contributed by atoms with Gasteiger partial charge in [0.1, 0.15) is 29.9 Å². The number of cyclic esters (lactones) is 1. The smallest absolute Gasteiger partial charge is 0.329 e. The number of aliphatic hydroxyl groups is 1. The lowest BCUT2D eigenvalue weighted by Gasteiger charge is -2.46. The SMILES string of the molecule is CC(=O)N1CCN(c2ccc(NC(=O)[C@H]3[C@@H]4C(=O)O[C@@H](c5ccccc5)[C@@H](c5ccccc5)N4[C@@H](c4ccc(OCCO)cc4)[C@]34C(=O)N(C(=O)N[C@@H](C)c3ccccc3)c3ccc(C#CCNC(N)=O)cc34)cc2)CC1. The van der Waals surface area contributed by atoms with E-state index in [1.165, 1.54) is 0 Å². The number of piperazine rings is 1. The summed E-state index contributed by atoms with van der Waals surface area (Å²) in [5.74, 6) is 2.57. The standard InChI is InChI=1S/C60H58N8O9/c1-38(41-14-6-3-7-15-41)63-59(75)67-49-29-20-40(13-12-30-62-58(61)74)37-48(49)60(57(67)73)50(55(71)64-45-23-25-46(26-24-45)66-33-31-65(32-34-66)39(2)70)52-56(72)77-53(43-18-10-5-11-19-43)51(42-16-8-4-9-17-42)68(52)54(60)44-21-27-47(28-22-44)76-36-35-69/h3-11,14-29,37-38,50-54,69H,30-36H2,1-2H3,(H,63,75)(H,64,71)(H3,61,62,74)/t38-,50+,51+,52+,53-,54-,60+/m0/s1. The van der Waals surface area contributed by atoms with E-state index in [9.17, 15) is 14.7 Å². The number of aliphatic hydroxyl groups excluding tert-OH is 1. The topological polar surface area (TPSA) is 216 Å². The quantitative estimate of drug-likeness (QED) is 0.0657. The summed E-state index contributed by atoms with van der Waals surface area (Å²) in [5, 5.41) is 18.3. The lowest BCUT2D eigenvalue weighted by Crippen LogP contribution is -2.55. The Morgan fingerprint density at radius 1 is 0.792 bits per heavy atom. The molecule has 0 aromatic heterocycles. The fourth-order valence-corrected chi connectivity index (χ4v) is 11.5. The zero-order valence-electron chi connectivity index (χ0n) is 42.5. The number of morpholine rings is 1. The van der Waals surface area contributed by atoms with Gasteiger partial charge in [-0.25, -0.2) is 14.5 Å². The summed E-state index contributed by atoms with van der Waals surface area (Å²) in [6, 6.07) is 41.6. The second-order valence-corrected chi connectivity index (χ2v) is 19.4. The van der Waals surface area contributed by atoms with Gasteiger partial charge in [0, 0.05) is 50.0 Å². The minimum Gasteiger partial charge on any atom is -0.491 e. The van der Waals surface area contributed by atoms with E-state index in [-0.39, 0.29) is 36.9 Å². The van der Waals surface area contributed by atoms with Gasteiger partial charge >= 0.3 is 18.0 Å². The summed E-state index contributed by atoms with van der Waals surface area (Å²) < 4.78 is 12.5. The molecule has 17 heteroatoms. The molecule has 0 radical (unpaired) electrons. The number of benzene rings is 6. The van der Waals surface area contributed by atoms with Crippen LogP contribution in [0.25, 0.3) is 0 Å².